The number of hydrogen-bond acceptors (Lipinski definition) is 8. The number of ether oxygens (including phenoxy) is 5. The van der Waals surface area contributed by atoms with Crippen molar-refractivity contribution in [3.8, 4) is 0 Å². The number of rotatable bonds is 1. The standard InChI is InChI=1S/C12H18O7.C4H4N2O2/c1-10(2)15-5-6-7(17-10)8-12(16-6,9(13)14)19-11(3,4)18-8;7-3-1-2-4(8)6-5-3/h6-8H,5H2,1-4H3,(H,13,14);1-2H,(H,5,7)(H,6,8)/t6-,7+,8-,12+;/m0./s1. The van der Waals surface area contributed by atoms with Gasteiger partial charge < -0.3 is 28.8 Å². The van der Waals surface area contributed by atoms with Crippen LogP contribution in [0.4, 0.5) is 0 Å². The maximum Gasteiger partial charge on any atom is 0.367 e. The van der Waals surface area contributed by atoms with Crippen LogP contribution in [0.1, 0.15) is 27.7 Å². The number of nitrogens with one attached hydrogen (secondary N) is 2. The van der Waals surface area contributed by atoms with Crippen molar-refractivity contribution in [1.29, 1.82) is 0 Å². The van der Waals surface area contributed by atoms with Gasteiger partial charge in [-0.05, 0) is 27.7 Å². The molecule has 3 saturated heterocycles. The molecule has 3 aliphatic heterocycles. The van der Waals surface area contributed by atoms with E-state index in [-0.39, 0.29) is 17.7 Å². The Hall–Kier alpha value is -2.05. The van der Waals surface area contributed by atoms with Gasteiger partial charge in [0, 0.05) is 12.1 Å². The van der Waals surface area contributed by atoms with Crippen LogP contribution in [0.15, 0.2) is 21.7 Å². The molecule has 0 saturated carbocycles. The lowest BCUT2D eigenvalue weighted by atomic mass is 10.0. The molecule has 0 aromatic carbocycles. The highest BCUT2D eigenvalue weighted by Gasteiger charge is 2.71. The quantitative estimate of drug-likeness (QED) is 0.582. The molecule has 1 aromatic heterocycles. The van der Waals surface area contributed by atoms with E-state index in [1.54, 1.807) is 27.7 Å². The molecule has 4 rings (SSSR count). The molecule has 11 heteroatoms. The summed E-state index contributed by atoms with van der Waals surface area (Å²) in [7, 11) is 0. The molecule has 0 aliphatic carbocycles. The molecule has 0 spiro atoms. The fourth-order valence-corrected chi connectivity index (χ4v) is 3.18. The lowest BCUT2D eigenvalue weighted by Gasteiger charge is -2.38. The smallest absolute Gasteiger partial charge is 0.367 e. The molecular weight excluding hydrogens is 364 g/mol. The Morgan fingerprint density at radius 1 is 1.04 bits per heavy atom. The summed E-state index contributed by atoms with van der Waals surface area (Å²) < 4.78 is 28.0. The molecule has 4 atom stereocenters. The monoisotopic (exact) mass is 386 g/mol. The molecule has 0 amide bonds. The summed E-state index contributed by atoms with van der Waals surface area (Å²) in [4.78, 5) is 32.0. The number of aromatic amines is 2. The first kappa shape index (κ1) is 19.7. The number of aliphatic carboxylic acids is 1. The zero-order valence-corrected chi connectivity index (χ0v) is 15.3. The van der Waals surface area contributed by atoms with Crippen LogP contribution in [-0.2, 0) is 28.5 Å². The molecule has 1 aromatic rings. The predicted molar refractivity (Wildman–Crippen MR) is 87.9 cm³/mol. The molecule has 3 N–H and O–H groups in total. The number of hydrogen-bond donors (Lipinski definition) is 3. The maximum absolute atomic E-state index is 11.6. The molecule has 150 valence electrons. The van der Waals surface area contributed by atoms with Gasteiger partial charge in [-0.15, -0.1) is 0 Å². The van der Waals surface area contributed by atoms with Crippen LogP contribution < -0.4 is 11.1 Å². The molecule has 0 bridgehead atoms. The Balaban J connectivity index is 0.000000221. The summed E-state index contributed by atoms with van der Waals surface area (Å²) in [5.74, 6) is -4.85. The molecule has 27 heavy (non-hydrogen) atoms. The normalized spacial score (nSPS) is 35.5. The maximum atomic E-state index is 11.6. The van der Waals surface area contributed by atoms with Gasteiger partial charge in [-0.2, -0.15) is 0 Å². The van der Waals surface area contributed by atoms with E-state index >= 15 is 0 Å². The number of fused-ring (bicyclic) bond motifs is 3. The Labute approximate surface area is 153 Å². The summed E-state index contributed by atoms with van der Waals surface area (Å²) in [6, 6.07) is 2.33. The third-order valence-electron chi connectivity index (χ3n) is 4.18. The topological polar surface area (TPSA) is 149 Å². The van der Waals surface area contributed by atoms with Crippen LogP contribution in [0, 0.1) is 0 Å². The van der Waals surface area contributed by atoms with Crippen molar-refractivity contribution < 1.29 is 33.6 Å². The second kappa shape index (κ2) is 6.53. The van der Waals surface area contributed by atoms with Crippen molar-refractivity contribution in [2.24, 2.45) is 0 Å². The zero-order valence-electron chi connectivity index (χ0n) is 15.3. The number of aromatic nitrogens is 2. The first-order valence-corrected chi connectivity index (χ1v) is 8.33. The van der Waals surface area contributed by atoms with E-state index in [9.17, 15) is 19.5 Å². The molecule has 3 aliphatic rings. The van der Waals surface area contributed by atoms with Crippen LogP contribution in [0.25, 0.3) is 0 Å². The minimum atomic E-state index is -1.82. The zero-order chi connectivity index (χ0) is 20.0. The summed E-state index contributed by atoms with van der Waals surface area (Å²) in [5, 5.41) is 13.7. The third kappa shape index (κ3) is 3.82. The van der Waals surface area contributed by atoms with E-state index in [1.807, 2.05) is 0 Å². The Morgan fingerprint density at radius 3 is 2.15 bits per heavy atom. The van der Waals surface area contributed by atoms with Crippen LogP contribution in [0.2, 0.25) is 0 Å². The fraction of sp³-hybridized carbons (Fsp3) is 0.688. The Bertz CT molecular complexity index is 777. The van der Waals surface area contributed by atoms with Gasteiger partial charge in [-0.1, -0.05) is 0 Å². The van der Waals surface area contributed by atoms with Crippen molar-refractivity contribution >= 4 is 5.97 Å². The van der Waals surface area contributed by atoms with Crippen LogP contribution in [0.3, 0.4) is 0 Å². The van der Waals surface area contributed by atoms with Crippen molar-refractivity contribution in [3.63, 3.8) is 0 Å². The highest BCUT2D eigenvalue weighted by Crippen LogP contribution is 2.48. The van der Waals surface area contributed by atoms with Crippen LogP contribution >= 0.6 is 0 Å². The largest absolute Gasteiger partial charge is 0.477 e. The highest BCUT2D eigenvalue weighted by molar-refractivity contribution is 5.77. The van der Waals surface area contributed by atoms with Crippen LogP contribution in [-0.4, -0.2) is 63.6 Å². The van der Waals surface area contributed by atoms with E-state index in [0.717, 1.165) is 0 Å². The van der Waals surface area contributed by atoms with Gasteiger partial charge in [0.1, 0.15) is 12.2 Å². The van der Waals surface area contributed by atoms with E-state index in [2.05, 4.69) is 10.2 Å². The van der Waals surface area contributed by atoms with Gasteiger partial charge in [0.2, 0.25) is 0 Å². The summed E-state index contributed by atoms with van der Waals surface area (Å²) in [6.45, 7) is 7.09. The second-order valence-corrected chi connectivity index (χ2v) is 7.27. The number of carbonyl (C=O) groups is 1. The predicted octanol–water partition coefficient (Wildman–Crippen LogP) is -0.468. The molecule has 4 heterocycles. The Morgan fingerprint density at radius 2 is 1.63 bits per heavy atom. The molecule has 0 radical (unpaired) electrons. The minimum absolute atomic E-state index is 0.246. The molecule has 3 fully saturated rings. The lowest BCUT2D eigenvalue weighted by molar-refractivity contribution is -0.325. The fourth-order valence-electron chi connectivity index (χ4n) is 3.18. The molecule has 0 unspecified atom stereocenters. The van der Waals surface area contributed by atoms with Gasteiger partial charge in [-0.3, -0.25) is 19.8 Å². The van der Waals surface area contributed by atoms with E-state index in [0.29, 0.717) is 0 Å². The summed E-state index contributed by atoms with van der Waals surface area (Å²) in [5.41, 5.74) is -0.603. The Kier molecular flexibility index (Phi) is 4.77. The average Bonchev–Trinajstić information content (AvgIpc) is 2.99. The van der Waals surface area contributed by atoms with E-state index in [1.165, 1.54) is 12.1 Å². The van der Waals surface area contributed by atoms with E-state index < -0.39 is 41.6 Å². The average molecular weight is 386 g/mol. The van der Waals surface area contributed by atoms with Crippen LogP contribution in [0.5, 0.6) is 0 Å². The number of carboxylic acids is 1. The minimum Gasteiger partial charge on any atom is -0.477 e. The number of H-pyrrole nitrogens is 2. The van der Waals surface area contributed by atoms with E-state index in [4.69, 9.17) is 23.7 Å². The van der Waals surface area contributed by atoms with Gasteiger partial charge >= 0.3 is 11.8 Å². The van der Waals surface area contributed by atoms with Gasteiger partial charge in [0.15, 0.2) is 17.7 Å². The van der Waals surface area contributed by atoms with Gasteiger partial charge in [-0.25, -0.2) is 4.79 Å². The first-order valence-electron chi connectivity index (χ1n) is 8.33. The SMILES string of the molecule is CC1(C)OC[C@@H]2O[C@@]3(C(=O)O)OC(C)(C)O[C@H]3[C@@H]2O1.O=c1ccc(=O)[nH][nH]1. The second-order valence-electron chi connectivity index (χ2n) is 7.27. The van der Waals surface area contributed by atoms with Crippen molar-refractivity contribution in [1.82, 2.24) is 10.2 Å². The third-order valence-corrected chi connectivity index (χ3v) is 4.18. The lowest BCUT2D eigenvalue weighted by Crippen LogP contribution is -2.52. The van der Waals surface area contributed by atoms with Gasteiger partial charge in [0.05, 0.1) is 6.61 Å². The highest BCUT2D eigenvalue weighted by atomic mass is 16.9. The molecular formula is C16H22N2O9. The van der Waals surface area contributed by atoms with Crippen molar-refractivity contribution in [2.75, 3.05) is 6.61 Å². The summed E-state index contributed by atoms with van der Waals surface area (Å²) >= 11 is 0. The summed E-state index contributed by atoms with van der Waals surface area (Å²) in [6.07, 6.45) is -1.85. The van der Waals surface area contributed by atoms with Gasteiger partial charge in [0.25, 0.3) is 11.1 Å². The molecule has 11 nitrogen and oxygen atoms in total. The first-order chi connectivity index (χ1) is 12.4. The van der Waals surface area contributed by atoms with Crippen molar-refractivity contribution in [2.45, 2.75) is 63.4 Å². The number of carboxylic acid groups (broad SMARTS) is 1. The van der Waals surface area contributed by atoms with Crippen molar-refractivity contribution in [3.05, 3.63) is 32.8 Å².